The van der Waals surface area contributed by atoms with Crippen LogP contribution in [0.1, 0.15) is 41.9 Å². The smallest absolute Gasteiger partial charge is 0.339 e. The van der Waals surface area contributed by atoms with Gasteiger partial charge >= 0.3 is 5.97 Å². The Labute approximate surface area is 141 Å². The molecule has 2 N–H and O–H groups in total. The lowest BCUT2D eigenvalue weighted by Gasteiger charge is -2.15. The number of esters is 1. The average Bonchev–Trinajstić information content (AvgIpc) is 3.07. The molecule has 0 saturated heterocycles. The zero-order chi connectivity index (χ0) is 16.9. The predicted octanol–water partition coefficient (Wildman–Crippen LogP) is 3.67. The van der Waals surface area contributed by atoms with Crippen molar-refractivity contribution in [2.45, 2.75) is 38.6 Å². The van der Waals surface area contributed by atoms with Crippen LogP contribution < -0.4 is 10.6 Å². The zero-order valence-corrected chi connectivity index (χ0v) is 14.0. The van der Waals surface area contributed by atoms with Crippen LogP contribution in [0.25, 0.3) is 0 Å². The first kappa shape index (κ1) is 16.2. The molecule has 0 radical (unpaired) electrons. The minimum atomic E-state index is -0.381. The van der Waals surface area contributed by atoms with Crippen LogP contribution >= 0.6 is 0 Å². The van der Waals surface area contributed by atoms with E-state index in [1.54, 1.807) is 12.1 Å². The van der Waals surface area contributed by atoms with Gasteiger partial charge in [0.15, 0.2) is 0 Å². The average molecular weight is 326 g/mol. The lowest BCUT2D eigenvalue weighted by Crippen LogP contribution is -2.16. The molecule has 1 aromatic heterocycles. The Kier molecular flexibility index (Phi) is 4.93. The Balaban J connectivity index is 1.82. The molecule has 6 nitrogen and oxygen atoms in total. The van der Waals surface area contributed by atoms with Crippen molar-refractivity contribution in [2.24, 2.45) is 0 Å². The third-order valence-electron chi connectivity index (χ3n) is 4.14. The largest absolute Gasteiger partial charge is 0.465 e. The number of carbonyl (C=O) groups is 1. The normalized spacial score (nSPS) is 14.4. The second-order valence-electron chi connectivity index (χ2n) is 5.97. The van der Waals surface area contributed by atoms with Crippen molar-refractivity contribution in [1.29, 1.82) is 0 Å². The number of nitrogens with zero attached hydrogens (tertiary/aromatic N) is 2. The molecule has 0 aliphatic heterocycles. The number of benzene rings is 1. The summed E-state index contributed by atoms with van der Waals surface area (Å²) >= 11 is 0. The Hall–Kier alpha value is -2.63. The number of nitrogens with one attached hydrogen (secondary N) is 2. The Morgan fingerprint density at radius 3 is 2.62 bits per heavy atom. The summed E-state index contributed by atoms with van der Waals surface area (Å²) in [6.07, 6.45) is 4.88. The minimum absolute atomic E-state index is 0.381. The van der Waals surface area contributed by atoms with E-state index in [-0.39, 0.29) is 5.97 Å². The highest BCUT2D eigenvalue weighted by molar-refractivity contribution is 5.96. The van der Waals surface area contributed by atoms with Gasteiger partial charge in [0.25, 0.3) is 0 Å². The fourth-order valence-electron chi connectivity index (χ4n) is 3.00. The highest BCUT2D eigenvalue weighted by atomic mass is 16.5. The van der Waals surface area contributed by atoms with Gasteiger partial charge in [0, 0.05) is 12.1 Å². The predicted molar refractivity (Wildman–Crippen MR) is 93.7 cm³/mol. The van der Waals surface area contributed by atoms with Gasteiger partial charge in [-0.05, 0) is 31.9 Å². The first-order valence-corrected chi connectivity index (χ1v) is 8.22. The maximum Gasteiger partial charge on any atom is 0.339 e. The molecule has 0 bridgehead atoms. The second-order valence-corrected chi connectivity index (χ2v) is 5.97. The number of para-hydroxylation sites is 1. The number of aryl methyl sites for hydroxylation is 1. The van der Waals surface area contributed by atoms with Crippen LogP contribution in [0.4, 0.5) is 17.3 Å². The Morgan fingerprint density at radius 1 is 1.17 bits per heavy atom. The van der Waals surface area contributed by atoms with Gasteiger partial charge in [-0.15, -0.1) is 0 Å². The van der Waals surface area contributed by atoms with E-state index in [1.165, 1.54) is 32.8 Å². The summed E-state index contributed by atoms with van der Waals surface area (Å²) in [5.74, 6) is 1.76. The van der Waals surface area contributed by atoms with E-state index in [2.05, 4.69) is 20.6 Å². The number of hydrogen-bond donors (Lipinski definition) is 2. The Morgan fingerprint density at radius 2 is 1.88 bits per heavy atom. The molecule has 1 fully saturated rings. The SMILES string of the molecule is COC(=O)c1ccccc1Nc1cc(NC2CCCC2)nc(C)n1. The van der Waals surface area contributed by atoms with E-state index >= 15 is 0 Å². The van der Waals surface area contributed by atoms with Crippen LogP contribution in [0, 0.1) is 6.92 Å². The van der Waals surface area contributed by atoms with E-state index < -0.39 is 0 Å². The molecule has 24 heavy (non-hydrogen) atoms. The molecule has 1 heterocycles. The van der Waals surface area contributed by atoms with E-state index in [0.29, 0.717) is 28.9 Å². The number of rotatable bonds is 5. The van der Waals surface area contributed by atoms with Gasteiger partial charge in [-0.3, -0.25) is 0 Å². The van der Waals surface area contributed by atoms with Gasteiger partial charge in [0.1, 0.15) is 17.5 Å². The molecule has 1 aliphatic carbocycles. The number of carbonyl (C=O) groups excluding carboxylic acids is 1. The molecule has 1 aromatic carbocycles. The summed E-state index contributed by atoms with van der Waals surface area (Å²) in [4.78, 5) is 20.8. The quantitative estimate of drug-likeness (QED) is 0.817. The van der Waals surface area contributed by atoms with Crippen molar-refractivity contribution >= 4 is 23.3 Å². The summed E-state index contributed by atoms with van der Waals surface area (Å²) in [5.41, 5.74) is 1.14. The van der Waals surface area contributed by atoms with E-state index in [1.807, 2.05) is 25.1 Å². The van der Waals surface area contributed by atoms with Gasteiger partial charge in [-0.2, -0.15) is 0 Å². The van der Waals surface area contributed by atoms with E-state index in [0.717, 1.165) is 5.82 Å². The molecule has 2 aromatic rings. The number of anilines is 3. The molecule has 0 spiro atoms. The number of ether oxygens (including phenoxy) is 1. The van der Waals surface area contributed by atoms with Crippen LogP contribution in [-0.4, -0.2) is 29.1 Å². The van der Waals surface area contributed by atoms with Crippen LogP contribution in [0.2, 0.25) is 0 Å². The van der Waals surface area contributed by atoms with Crippen LogP contribution in [0.5, 0.6) is 0 Å². The van der Waals surface area contributed by atoms with Crippen molar-refractivity contribution in [1.82, 2.24) is 9.97 Å². The topological polar surface area (TPSA) is 76.1 Å². The van der Waals surface area contributed by atoms with Crippen LogP contribution in [0.15, 0.2) is 30.3 Å². The lowest BCUT2D eigenvalue weighted by molar-refractivity contribution is 0.0602. The standard InChI is InChI=1S/C18H22N4O2/c1-12-19-16(21-13-7-3-4-8-13)11-17(20-12)22-15-10-6-5-9-14(15)18(23)24-2/h5-6,9-11,13H,3-4,7-8H2,1-2H3,(H2,19,20,21,22). The Bertz CT molecular complexity index is 727. The highest BCUT2D eigenvalue weighted by Gasteiger charge is 2.16. The molecule has 0 amide bonds. The third-order valence-corrected chi connectivity index (χ3v) is 4.14. The zero-order valence-electron chi connectivity index (χ0n) is 14.0. The molecule has 0 atom stereocenters. The molecule has 6 heteroatoms. The summed E-state index contributed by atoms with van der Waals surface area (Å²) in [6.45, 7) is 1.86. The summed E-state index contributed by atoms with van der Waals surface area (Å²) in [6, 6.07) is 9.57. The monoisotopic (exact) mass is 326 g/mol. The summed E-state index contributed by atoms with van der Waals surface area (Å²) < 4.78 is 4.83. The molecule has 126 valence electrons. The molecule has 1 saturated carbocycles. The van der Waals surface area contributed by atoms with Gasteiger partial charge in [-0.1, -0.05) is 25.0 Å². The number of aromatic nitrogens is 2. The fraction of sp³-hybridized carbons (Fsp3) is 0.389. The van der Waals surface area contributed by atoms with Gasteiger partial charge in [0.05, 0.1) is 18.4 Å². The van der Waals surface area contributed by atoms with Crippen molar-refractivity contribution in [2.75, 3.05) is 17.7 Å². The molecule has 3 rings (SSSR count). The van der Waals surface area contributed by atoms with Gasteiger partial charge < -0.3 is 15.4 Å². The van der Waals surface area contributed by atoms with Gasteiger partial charge in [-0.25, -0.2) is 14.8 Å². The van der Waals surface area contributed by atoms with E-state index in [4.69, 9.17) is 4.74 Å². The minimum Gasteiger partial charge on any atom is -0.465 e. The van der Waals surface area contributed by atoms with Crippen molar-refractivity contribution < 1.29 is 9.53 Å². The third kappa shape index (κ3) is 3.82. The number of methoxy groups -OCH3 is 1. The summed E-state index contributed by atoms with van der Waals surface area (Å²) in [5, 5.41) is 6.68. The molecular weight excluding hydrogens is 304 g/mol. The van der Waals surface area contributed by atoms with Crippen molar-refractivity contribution in [3.63, 3.8) is 0 Å². The lowest BCUT2D eigenvalue weighted by atomic mass is 10.2. The van der Waals surface area contributed by atoms with Crippen LogP contribution in [0.3, 0.4) is 0 Å². The summed E-state index contributed by atoms with van der Waals surface area (Å²) in [7, 11) is 1.37. The van der Waals surface area contributed by atoms with Crippen LogP contribution in [-0.2, 0) is 4.74 Å². The first-order valence-electron chi connectivity index (χ1n) is 8.22. The molecule has 0 unspecified atom stereocenters. The molecule has 1 aliphatic rings. The number of hydrogen-bond acceptors (Lipinski definition) is 6. The van der Waals surface area contributed by atoms with Crippen molar-refractivity contribution in [3.05, 3.63) is 41.7 Å². The second kappa shape index (κ2) is 7.29. The molecular formula is C18H22N4O2. The maximum absolute atomic E-state index is 11.9. The first-order chi connectivity index (χ1) is 11.7. The fourth-order valence-corrected chi connectivity index (χ4v) is 3.00. The van der Waals surface area contributed by atoms with Gasteiger partial charge in [0.2, 0.25) is 0 Å². The van der Waals surface area contributed by atoms with Crippen molar-refractivity contribution in [3.8, 4) is 0 Å². The highest BCUT2D eigenvalue weighted by Crippen LogP contribution is 2.25. The van der Waals surface area contributed by atoms with E-state index in [9.17, 15) is 4.79 Å². The maximum atomic E-state index is 11.9.